The molecule has 6 nitrogen and oxygen atoms in total. The van der Waals surface area contributed by atoms with Crippen molar-refractivity contribution >= 4 is 27.3 Å². The van der Waals surface area contributed by atoms with Crippen LogP contribution >= 0.6 is 0 Å². The molecule has 27 heavy (non-hydrogen) atoms. The van der Waals surface area contributed by atoms with E-state index in [-0.39, 0.29) is 23.5 Å². The van der Waals surface area contributed by atoms with Crippen molar-refractivity contribution in [3.05, 3.63) is 65.5 Å². The zero-order chi connectivity index (χ0) is 19.6. The molecule has 1 amide bonds. The van der Waals surface area contributed by atoms with Crippen LogP contribution in [-0.2, 0) is 14.8 Å². The Morgan fingerprint density at radius 3 is 2.37 bits per heavy atom. The van der Waals surface area contributed by atoms with Crippen LogP contribution in [0.15, 0.2) is 53.6 Å². The van der Waals surface area contributed by atoms with Crippen LogP contribution in [0.3, 0.4) is 0 Å². The topological polar surface area (TPSA) is 78.8 Å². The molecule has 0 radical (unpaired) electrons. The van der Waals surface area contributed by atoms with Crippen LogP contribution in [0.25, 0.3) is 0 Å². The van der Waals surface area contributed by atoms with Gasteiger partial charge in [0, 0.05) is 19.0 Å². The first-order chi connectivity index (χ1) is 12.8. The first-order valence-electron chi connectivity index (χ1n) is 8.52. The number of halogens is 1. The molecule has 0 aliphatic carbocycles. The predicted molar refractivity (Wildman–Crippen MR) is 102 cm³/mol. The van der Waals surface area contributed by atoms with Gasteiger partial charge in [-0.15, -0.1) is 0 Å². The Hall–Kier alpha value is -2.74. The van der Waals surface area contributed by atoms with E-state index in [2.05, 4.69) is 9.82 Å². The molecule has 0 bridgehead atoms. The van der Waals surface area contributed by atoms with E-state index in [0.717, 1.165) is 11.1 Å². The zero-order valence-electron chi connectivity index (χ0n) is 15.0. The summed E-state index contributed by atoms with van der Waals surface area (Å²) in [5.74, 6) is -0.544. The number of rotatable bonds is 5. The van der Waals surface area contributed by atoms with Crippen molar-refractivity contribution < 1.29 is 17.6 Å². The van der Waals surface area contributed by atoms with Crippen molar-refractivity contribution in [2.24, 2.45) is 5.10 Å². The lowest BCUT2D eigenvalue weighted by Crippen LogP contribution is -2.24. The van der Waals surface area contributed by atoms with Crippen LogP contribution in [0.1, 0.15) is 37.4 Å². The number of sulfonamides is 1. The van der Waals surface area contributed by atoms with Crippen molar-refractivity contribution in [3.8, 4) is 0 Å². The van der Waals surface area contributed by atoms with Gasteiger partial charge in [-0.3, -0.25) is 9.52 Å². The van der Waals surface area contributed by atoms with E-state index in [4.69, 9.17) is 0 Å². The highest BCUT2D eigenvalue weighted by Gasteiger charge is 2.31. The molecule has 1 N–H and O–H groups in total. The monoisotopic (exact) mass is 389 g/mol. The third kappa shape index (κ3) is 4.33. The van der Waals surface area contributed by atoms with Crippen LogP contribution < -0.4 is 4.72 Å². The third-order valence-corrected chi connectivity index (χ3v) is 5.67. The molecule has 0 unspecified atom stereocenters. The average molecular weight is 389 g/mol. The standard InChI is InChI=1S/C19H20FN3O3S/c1-3-27(25,26)22-17-10-6-14(7-11-17)18-12-19(23(21-18)13(2)24)15-4-8-16(20)9-5-15/h4-11,19,22H,3,12H2,1-2H3/t19-/m1/s1. The summed E-state index contributed by atoms with van der Waals surface area (Å²) in [6, 6.07) is 12.6. The summed E-state index contributed by atoms with van der Waals surface area (Å²) < 4.78 is 39.0. The molecule has 0 spiro atoms. The summed E-state index contributed by atoms with van der Waals surface area (Å²) in [5.41, 5.74) is 2.78. The molecule has 8 heteroatoms. The highest BCUT2D eigenvalue weighted by molar-refractivity contribution is 7.92. The number of nitrogens with one attached hydrogen (secondary N) is 1. The van der Waals surface area contributed by atoms with Crippen LogP contribution in [0.2, 0.25) is 0 Å². The SMILES string of the molecule is CCS(=O)(=O)Nc1ccc(C2=NN(C(C)=O)[C@@H](c3ccc(F)cc3)C2)cc1. The molecular formula is C19H20FN3O3S. The summed E-state index contributed by atoms with van der Waals surface area (Å²) in [4.78, 5) is 12.0. The molecule has 2 aromatic rings. The fourth-order valence-electron chi connectivity index (χ4n) is 2.90. The molecule has 1 heterocycles. The van der Waals surface area contributed by atoms with Gasteiger partial charge in [0.25, 0.3) is 0 Å². The van der Waals surface area contributed by atoms with Gasteiger partial charge in [-0.2, -0.15) is 5.10 Å². The van der Waals surface area contributed by atoms with Gasteiger partial charge in [-0.25, -0.2) is 17.8 Å². The van der Waals surface area contributed by atoms with Gasteiger partial charge < -0.3 is 0 Å². The van der Waals surface area contributed by atoms with Gasteiger partial charge in [0.15, 0.2) is 0 Å². The number of hydrazone groups is 1. The summed E-state index contributed by atoms with van der Waals surface area (Å²) in [6.45, 7) is 3.00. The third-order valence-electron chi connectivity index (χ3n) is 4.36. The van der Waals surface area contributed by atoms with Gasteiger partial charge >= 0.3 is 0 Å². The van der Waals surface area contributed by atoms with Crippen molar-refractivity contribution in [2.45, 2.75) is 26.3 Å². The van der Waals surface area contributed by atoms with Gasteiger partial charge in [0.05, 0.1) is 17.5 Å². The molecule has 0 aromatic heterocycles. The van der Waals surface area contributed by atoms with Gasteiger partial charge in [0.1, 0.15) is 5.82 Å². The van der Waals surface area contributed by atoms with E-state index in [0.29, 0.717) is 17.8 Å². The highest BCUT2D eigenvalue weighted by Crippen LogP contribution is 2.33. The molecule has 0 saturated heterocycles. The maximum atomic E-state index is 13.2. The number of benzene rings is 2. The van der Waals surface area contributed by atoms with Crippen molar-refractivity contribution in [2.75, 3.05) is 10.5 Å². The summed E-state index contributed by atoms with van der Waals surface area (Å²) >= 11 is 0. The minimum Gasteiger partial charge on any atom is -0.284 e. The second kappa shape index (κ2) is 7.48. The lowest BCUT2D eigenvalue weighted by molar-refractivity contribution is -0.130. The first kappa shape index (κ1) is 19.0. The number of carbonyl (C=O) groups is 1. The maximum Gasteiger partial charge on any atom is 0.240 e. The number of anilines is 1. The largest absolute Gasteiger partial charge is 0.284 e. The van der Waals surface area contributed by atoms with E-state index in [1.54, 1.807) is 43.3 Å². The summed E-state index contributed by atoms with van der Waals surface area (Å²) in [6.07, 6.45) is 0.491. The van der Waals surface area contributed by atoms with Crippen LogP contribution in [0, 0.1) is 5.82 Å². The molecule has 2 aromatic carbocycles. The fraction of sp³-hybridized carbons (Fsp3) is 0.263. The highest BCUT2D eigenvalue weighted by atomic mass is 32.2. The molecule has 1 aliphatic heterocycles. The minimum absolute atomic E-state index is 0.00557. The van der Waals surface area contributed by atoms with Crippen molar-refractivity contribution in [1.82, 2.24) is 5.01 Å². The second-order valence-corrected chi connectivity index (χ2v) is 8.28. The maximum absolute atomic E-state index is 13.2. The number of hydrogen-bond donors (Lipinski definition) is 1. The quantitative estimate of drug-likeness (QED) is 0.852. The van der Waals surface area contributed by atoms with Crippen molar-refractivity contribution in [3.63, 3.8) is 0 Å². The second-order valence-electron chi connectivity index (χ2n) is 6.26. The Morgan fingerprint density at radius 1 is 1.19 bits per heavy atom. The van der Waals surface area contributed by atoms with E-state index < -0.39 is 10.0 Å². The minimum atomic E-state index is -3.34. The van der Waals surface area contributed by atoms with E-state index in [1.165, 1.54) is 24.1 Å². The Kier molecular flexibility index (Phi) is 5.27. The van der Waals surface area contributed by atoms with Gasteiger partial charge in [0.2, 0.25) is 15.9 Å². The Bertz CT molecular complexity index is 970. The Labute approximate surface area is 157 Å². The number of amides is 1. The van der Waals surface area contributed by atoms with Crippen molar-refractivity contribution in [1.29, 1.82) is 0 Å². The Morgan fingerprint density at radius 2 is 1.81 bits per heavy atom. The Balaban J connectivity index is 1.83. The molecular weight excluding hydrogens is 369 g/mol. The lowest BCUT2D eigenvalue weighted by atomic mass is 9.98. The normalized spacial score (nSPS) is 16.9. The molecule has 0 saturated carbocycles. The molecule has 1 aliphatic rings. The van der Waals surface area contributed by atoms with Gasteiger partial charge in [-0.1, -0.05) is 24.3 Å². The smallest absolute Gasteiger partial charge is 0.240 e. The summed E-state index contributed by atoms with van der Waals surface area (Å²) in [7, 11) is -3.34. The fourth-order valence-corrected chi connectivity index (χ4v) is 3.54. The molecule has 0 fully saturated rings. The van der Waals surface area contributed by atoms with Crippen LogP contribution in [0.5, 0.6) is 0 Å². The summed E-state index contributed by atoms with van der Waals surface area (Å²) in [5, 5.41) is 5.83. The number of nitrogens with zero attached hydrogens (tertiary/aromatic N) is 2. The number of carbonyl (C=O) groups excluding carboxylic acids is 1. The molecule has 1 atom stereocenters. The van der Waals surface area contributed by atoms with Crippen LogP contribution in [-0.4, -0.2) is 30.8 Å². The average Bonchev–Trinajstić information content (AvgIpc) is 3.08. The van der Waals surface area contributed by atoms with E-state index >= 15 is 0 Å². The molecule has 142 valence electrons. The van der Waals surface area contributed by atoms with Crippen LogP contribution in [0.4, 0.5) is 10.1 Å². The first-order valence-corrected chi connectivity index (χ1v) is 10.2. The van der Waals surface area contributed by atoms with E-state index in [9.17, 15) is 17.6 Å². The molecule has 3 rings (SSSR count). The number of hydrogen-bond acceptors (Lipinski definition) is 4. The predicted octanol–water partition coefficient (Wildman–Crippen LogP) is 3.28. The van der Waals surface area contributed by atoms with Gasteiger partial charge in [-0.05, 0) is 42.3 Å². The lowest BCUT2D eigenvalue weighted by Gasteiger charge is -2.20. The van der Waals surface area contributed by atoms with E-state index in [1.807, 2.05) is 0 Å². The zero-order valence-corrected chi connectivity index (χ0v) is 15.8.